The van der Waals surface area contributed by atoms with Crippen LogP contribution < -0.4 is 0 Å². The van der Waals surface area contributed by atoms with Crippen LogP contribution >= 0.6 is 0 Å². The van der Waals surface area contributed by atoms with Gasteiger partial charge in [0, 0.05) is 6.42 Å². The van der Waals surface area contributed by atoms with Crippen molar-refractivity contribution in [3.8, 4) is 0 Å². The third-order valence-corrected chi connectivity index (χ3v) is 1.72. The van der Waals surface area contributed by atoms with Gasteiger partial charge in [0.2, 0.25) is 0 Å². The summed E-state index contributed by atoms with van der Waals surface area (Å²) in [6.07, 6.45) is 0.939. The maximum Gasteiger partial charge on any atom is 0.320 e. The third-order valence-electron chi connectivity index (χ3n) is 1.72. The van der Waals surface area contributed by atoms with Gasteiger partial charge in [-0.1, -0.05) is 0 Å². The molecule has 0 rings (SSSR count). The Labute approximate surface area is 88.7 Å². The Morgan fingerprint density at radius 2 is 1.60 bits per heavy atom. The van der Waals surface area contributed by atoms with Gasteiger partial charge in [0.15, 0.2) is 5.92 Å². The molecule has 0 bridgehead atoms. The number of hydrogen-bond acceptors (Lipinski definition) is 5. The zero-order valence-electron chi connectivity index (χ0n) is 9.02. The van der Waals surface area contributed by atoms with E-state index in [0.717, 1.165) is 0 Å². The second-order valence-electron chi connectivity index (χ2n) is 2.80. The zero-order valence-corrected chi connectivity index (χ0v) is 9.02. The summed E-state index contributed by atoms with van der Waals surface area (Å²) >= 11 is 0. The van der Waals surface area contributed by atoms with Gasteiger partial charge in [0.25, 0.3) is 0 Å². The van der Waals surface area contributed by atoms with Crippen LogP contribution in [0, 0.1) is 5.92 Å². The maximum absolute atomic E-state index is 11.3. The summed E-state index contributed by atoms with van der Waals surface area (Å²) in [5.74, 6) is -2.23. The molecule has 0 aliphatic rings. The van der Waals surface area contributed by atoms with Crippen molar-refractivity contribution in [2.24, 2.45) is 5.92 Å². The van der Waals surface area contributed by atoms with Crippen molar-refractivity contribution >= 4 is 18.2 Å². The molecule has 0 heterocycles. The number of carbonyl (C=O) groups excluding carboxylic acids is 3. The Bertz CT molecular complexity index is 206. The van der Waals surface area contributed by atoms with E-state index in [1.807, 2.05) is 0 Å². The van der Waals surface area contributed by atoms with Gasteiger partial charge in [-0.05, 0) is 20.3 Å². The van der Waals surface area contributed by atoms with E-state index in [1.165, 1.54) is 0 Å². The first-order valence-corrected chi connectivity index (χ1v) is 4.94. The van der Waals surface area contributed by atoms with Crippen molar-refractivity contribution in [1.29, 1.82) is 0 Å². The Hall–Kier alpha value is -1.39. The van der Waals surface area contributed by atoms with Crippen molar-refractivity contribution in [3.05, 3.63) is 0 Å². The van der Waals surface area contributed by atoms with E-state index in [9.17, 15) is 14.4 Å². The van der Waals surface area contributed by atoms with Gasteiger partial charge in [-0.2, -0.15) is 0 Å². The van der Waals surface area contributed by atoms with E-state index in [1.54, 1.807) is 13.8 Å². The minimum absolute atomic E-state index is 0.140. The molecule has 0 aliphatic carbocycles. The predicted octanol–water partition coefficient (Wildman–Crippen LogP) is 0.708. The topological polar surface area (TPSA) is 69.7 Å². The van der Waals surface area contributed by atoms with Gasteiger partial charge in [-0.25, -0.2) is 0 Å². The zero-order chi connectivity index (χ0) is 11.7. The molecule has 0 radical (unpaired) electrons. The highest BCUT2D eigenvalue weighted by atomic mass is 16.6. The molecule has 0 fully saturated rings. The van der Waals surface area contributed by atoms with Crippen molar-refractivity contribution in [1.82, 2.24) is 0 Å². The maximum atomic E-state index is 11.3. The van der Waals surface area contributed by atoms with Crippen molar-refractivity contribution in [3.63, 3.8) is 0 Å². The van der Waals surface area contributed by atoms with Gasteiger partial charge < -0.3 is 14.3 Å². The van der Waals surface area contributed by atoms with Crippen LogP contribution in [0.3, 0.4) is 0 Å². The van der Waals surface area contributed by atoms with E-state index in [-0.39, 0.29) is 26.1 Å². The molecule has 0 atom stereocenters. The van der Waals surface area contributed by atoms with Crippen LogP contribution in [-0.2, 0) is 23.9 Å². The summed E-state index contributed by atoms with van der Waals surface area (Å²) in [5, 5.41) is 0. The van der Waals surface area contributed by atoms with Crippen LogP contribution in [0.25, 0.3) is 0 Å². The molecular formula is C10H16O5. The second kappa shape index (κ2) is 7.96. The van der Waals surface area contributed by atoms with Gasteiger partial charge in [-0.15, -0.1) is 0 Å². The number of esters is 2. The fourth-order valence-electron chi connectivity index (χ4n) is 1.05. The lowest BCUT2D eigenvalue weighted by Crippen LogP contribution is -2.28. The van der Waals surface area contributed by atoms with Crippen LogP contribution in [0.4, 0.5) is 0 Å². The Morgan fingerprint density at radius 3 is 1.93 bits per heavy atom. The molecule has 5 heteroatoms. The van der Waals surface area contributed by atoms with Crippen LogP contribution in [0.15, 0.2) is 0 Å². The average molecular weight is 216 g/mol. The number of carbonyl (C=O) groups is 3. The summed E-state index contributed by atoms with van der Waals surface area (Å²) in [4.78, 5) is 32.8. The van der Waals surface area contributed by atoms with E-state index >= 15 is 0 Å². The summed E-state index contributed by atoms with van der Waals surface area (Å²) in [6, 6.07) is 0. The fourth-order valence-corrected chi connectivity index (χ4v) is 1.05. The van der Waals surface area contributed by atoms with Crippen LogP contribution in [0.1, 0.15) is 26.7 Å². The van der Waals surface area contributed by atoms with Crippen LogP contribution in [-0.4, -0.2) is 31.4 Å². The van der Waals surface area contributed by atoms with Gasteiger partial charge in [0.1, 0.15) is 6.29 Å². The first kappa shape index (κ1) is 13.6. The smallest absolute Gasteiger partial charge is 0.320 e. The van der Waals surface area contributed by atoms with Gasteiger partial charge in [-0.3, -0.25) is 9.59 Å². The molecule has 0 saturated carbocycles. The molecule has 0 N–H and O–H groups in total. The quantitative estimate of drug-likeness (QED) is 0.356. The van der Waals surface area contributed by atoms with E-state index in [2.05, 4.69) is 0 Å². The fraction of sp³-hybridized carbons (Fsp3) is 0.700. The SMILES string of the molecule is CCOC(=O)C(CCC=O)C(=O)OCC. The second-order valence-corrected chi connectivity index (χ2v) is 2.80. The Balaban J connectivity index is 4.34. The Morgan fingerprint density at radius 1 is 1.13 bits per heavy atom. The van der Waals surface area contributed by atoms with E-state index < -0.39 is 17.9 Å². The Kier molecular flexibility index (Phi) is 7.23. The number of aldehydes is 1. The molecule has 0 saturated heterocycles. The molecule has 0 aromatic rings. The summed E-state index contributed by atoms with van der Waals surface area (Å²) in [5.41, 5.74) is 0. The number of hydrogen-bond donors (Lipinski definition) is 0. The molecular weight excluding hydrogens is 200 g/mol. The molecule has 0 unspecified atom stereocenters. The summed E-state index contributed by atoms with van der Waals surface area (Å²) in [7, 11) is 0. The summed E-state index contributed by atoms with van der Waals surface area (Å²) < 4.78 is 9.43. The molecule has 0 aromatic carbocycles. The average Bonchev–Trinajstić information content (AvgIpc) is 2.19. The largest absolute Gasteiger partial charge is 0.465 e. The van der Waals surface area contributed by atoms with Crippen LogP contribution in [0.5, 0.6) is 0 Å². The minimum Gasteiger partial charge on any atom is -0.465 e. The van der Waals surface area contributed by atoms with Gasteiger partial charge >= 0.3 is 11.9 Å². The first-order chi connectivity index (χ1) is 7.17. The molecule has 0 aromatic heterocycles. The summed E-state index contributed by atoms with van der Waals surface area (Å²) in [6.45, 7) is 3.71. The van der Waals surface area contributed by atoms with Crippen molar-refractivity contribution in [2.45, 2.75) is 26.7 Å². The monoisotopic (exact) mass is 216 g/mol. The number of ether oxygens (including phenoxy) is 2. The third kappa shape index (κ3) is 5.15. The first-order valence-electron chi connectivity index (χ1n) is 4.94. The lowest BCUT2D eigenvalue weighted by molar-refractivity contribution is -0.161. The van der Waals surface area contributed by atoms with Gasteiger partial charge in [0.05, 0.1) is 13.2 Å². The highest BCUT2D eigenvalue weighted by Crippen LogP contribution is 2.10. The molecule has 5 nitrogen and oxygen atoms in total. The molecule has 86 valence electrons. The highest BCUT2D eigenvalue weighted by Gasteiger charge is 2.28. The normalized spacial score (nSPS) is 9.80. The molecule has 0 spiro atoms. The lowest BCUT2D eigenvalue weighted by Gasteiger charge is -2.12. The number of rotatable bonds is 7. The predicted molar refractivity (Wildman–Crippen MR) is 52.1 cm³/mol. The molecule has 0 amide bonds. The minimum atomic E-state index is -0.977. The standard InChI is InChI=1S/C10H16O5/c1-3-14-9(12)8(6-5-7-11)10(13)15-4-2/h7-8H,3-6H2,1-2H3. The van der Waals surface area contributed by atoms with E-state index in [0.29, 0.717) is 6.29 Å². The van der Waals surface area contributed by atoms with Crippen molar-refractivity contribution < 1.29 is 23.9 Å². The van der Waals surface area contributed by atoms with E-state index in [4.69, 9.17) is 9.47 Å². The molecule has 0 aliphatic heterocycles. The highest BCUT2D eigenvalue weighted by molar-refractivity contribution is 5.95. The lowest BCUT2D eigenvalue weighted by atomic mass is 10.0. The molecule has 15 heavy (non-hydrogen) atoms. The van der Waals surface area contributed by atoms with Crippen molar-refractivity contribution in [2.75, 3.05) is 13.2 Å². The van der Waals surface area contributed by atoms with Crippen LogP contribution in [0.2, 0.25) is 0 Å².